The van der Waals surface area contributed by atoms with Gasteiger partial charge in [-0.25, -0.2) is 0 Å². The predicted molar refractivity (Wildman–Crippen MR) is 111 cm³/mol. The standard InChI is InChI=1S/C25H28F3NO2/c1-24(2)11-17-21(19(30)12-24)20(14-5-3-4-6-14)22-18(29-17)13-31-23(22)15-7-9-16(10-8-15)25(26,27)28/h7-10,14,19,23,30H,3-6,11-13H2,1-2H3. The van der Waals surface area contributed by atoms with Crippen molar-refractivity contribution < 1.29 is 23.0 Å². The van der Waals surface area contributed by atoms with Gasteiger partial charge >= 0.3 is 6.18 Å². The van der Waals surface area contributed by atoms with E-state index in [4.69, 9.17) is 9.72 Å². The Morgan fingerprint density at radius 3 is 2.32 bits per heavy atom. The van der Waals surface area contributed by atoms with Crippen molar-refractivity contribution in [3.8, 4) is 0 Å². The lowest BCUT2D eigenvalue weighted by atomic mass is 9.71. The quantitative estimate of drug-likeness (QED) is 0.600. The molecule has 2 aliphatic carbocycles. The van der Waals surface area contributed by atoms with Gasteiger partial charge in [-0.3, -0.25) is 4.98 Å². The first-order chi connectivity index (χ1) is 14.6. The second kappa shape index (κ2) is 7.31. The van der Waals surface area contributed by atoms with Gasteiger partial charge in [0.15, 0.2) is 0 Å². The predicted octanol–water partition coefficient (Wildman–Crippen LogP) is 6.38. The van der Waals surface area contributed by atoms with Crippen molar-refractivity contribution >= 4 is 0 Å². The number of aromatic nitrogens is 1. The van der Waals surface area contributed by atoms with Crippen LogP contribution in [0.3, 0.4) is 0 Å². The van der Waals surface area contributed by atoms with Crippen LogP contribution in [0.1, 0.15) is 103 Å². The molecule has 3 aliphatic rings. The molecule has 31 heavy (non-hydrogen) atoms. The number of ether oxygens (including phenoxy) is 1. The molecule has 2 heterocycles. The number of aliphatic hydroxyl groups is 1. The van der Waals surface area contributed by atoms with E-state index in [1.807, 2.05) is 0 Å². The fourth-order valence-corrected chi connectivity index (χ4v) is 5.81. The van der Waals surface area contributed by atoms with Gasteiger partial charge in [0.05, 0.1) is 24.0 Å². The van der Waals surface area contributed by atoms with Crippen molar-refractivity contribution in [3.63, 3.8) is 0 Å². The largest absolute Gasteiger partial charge is 0.416 e. The number of alkyl halides is 3. The minimum atomic E-state index is -4.36. The molecule has 2 unspecified atom stereocenters. The number of fused-ring (bicyclic) bond motifs is 2. The monoisotopic (exact) mass is 431 g/mol. The van der Waals surface area contributed by atoms with Crippen LogP contribution in [0.2, 0.25) is 0 Å². The van der Waals surface area contributed by atoms with Crippen molar-refractivity contribution in [2.75, 3.05) is 0 Å². The number of nitrogens with zero attached hydrogens (tertiary/aromatic N) is 1. The summed E-state index contributed by atoms with van der Waals surface area (Å²) in [6.07, 6.45) is 0.586. The highest BCUT2D eigenvalue weighted by Crippen LogP contribution is 2.51. The van der Waals surface area contributed by atoms with Crippen LogP contribution in [0.5, 0.6) is 0 Å². The van der Waals surface area contributed by atoms with E-state index in [0.717, 1.165) is 66.8 Å². The highest BCUT2D eigenvalue weighted by atomic mass is 19.4. The SMILES string of the molecule is CC1(C)Cc2nc3c(c(C4CCCC4)c2C(O)C1)C(c1ccc(C(F)(F)F)cc1)OC3. The van der Waals surface area contributed by atoms with Crippen LogP contribution >= 0.6 is 0 Å². The minimum absolute atomic E-state index is 0.0209. The number of hydrogen-bond donors (Lipinski definition) is 1. The van der Waals surface area contributed by atoms with Crippen LogP contribution in [-0.4, -0.2) is 10.1 Å². The Kier molecular flexibility index (Phi) is 4.94. The Balaban J connectivity index is 1.64. The number of aliphatic hydroxyl groups excluding tert-OH is 1. The first kappa shape index (κ1) is 21.0. The molecule has 0 bridgehead atoms. The number of benzene rings is 1. The van der Waals surface area contributed by atoms with Gasteiger partial charge in [-0.15, -0.1) is 0 Å². The molecule has 1 saturated carbocycles. The van der Waals surface area contributed by atoms with Crippen molar-refractivity contribution in [2.24, 2.45) is 5.41 Å². The smallest absolute Gasteiger partial charge is 0.388 e. The van der Waals surface area contributed by atoms with Gasteiger partial charge in [-0.1, -0.05) is 38.8 Å². The molecule has 5 rings (SSSR count). The van der Waals surface area contributed by atoms with E-state index in [0.29, 0.717) is 24.5 Å². The maximum Gasteiger partial charge on any atom is 0.416 e. The Hall–Kier alpha value is -1.92. The maximum atomic E-state index is 13.0. The van der Waals surface area contributed by atoms with E-state index in [1.165, 1.54) is 17.7 Å². The topological polar surface area (TPSA) is 42.4 Å². The molecule has 1 fully saturated rings. The number of pyridine rings is 1. The van der Waals surface area contributed by atoms with Crippen LogP contribution in [-0.2, 0) is 23.9 Å². The summed E-state index contributed by atoms with van der Waals surface area (Å²) in [5.41, 5.74) is 5.01. The van der Waals surface area contributed by atoms with E-state index in [9.17, 15) is 18.3 Å². The molecule has 3 nitrogen and oxygen atoms in total. The van der Waals surface area contributed by atoms with Gasteiger partial charge in [0, 0.05) is 16.8 Å². The van der Waals surface area contributed by atoms with E-state index < -0.39 is 23.9 Å². The van der Waals surface area contributed by atoms with E-state index in [2.05, 4.69) is 13.8 Å². The summed E-state index contributed by atoms with van der Waals surface area (Å²) in [6, 6.07) is 5.27. The van der Waals surface area contributed by atoms with Crippen molar-refractivity contribution in [1.29, 1.82) is 0 Å². The summed E-state index contributed by atoms with van der Waals surface area (Å²) >= 11 is 0. The molecule has 2 atom stereocenters. The van der Waals surface area contributed by atoms with Gasteiger partial charge in [0.2, 0.25) is 0 Å². The lowest BCUT2D eigenvalue weighted by molar-refractivity contribution is -0.137. The van der Waals surface area contributed by atoms with Gasteiger partial charge in [-0.2, -0.15) is 13.2 Å². The van der Waals surface area contributed by atoms with Crippen molar-refractivity contribution in [2.45, 2.75) is 83.3 Å². The summed E-state index contributed by atoms with van der Waals surface area (Å²) in [5, 5.41) is 11.1. The molecule has 2 aromatic rings. The second-order valence-corrected chi connectivity index (χ2v) is 10.1. The molecule has 0 saturated heterocycles. The minimum Gasteiger partial charge on any atom is -0.388 e. The first-order valence-electron chi connectivity index (χ1n) is 11.2. The normalized spacial score (nSPS) is 25.5. The Bertz CT molecular complexity index is 991. The van der Waals surface area contributed by atoms with Crippen molar-refractivity contribution in [3.05, 3.63) is 63.5 Å². The zero-order chi connectivity index (χ0) is 22.0. The summed E-state index contributed by atoms with van der Waals surface area (Å²) in [6.45, 7) is 4.67. The average molecular weight is 431 g/mol. The first-order valence-corrected chi connectivity index (χ1v) is 11.2. The molecular weight excluding hydrogens is 403 g/mol. The zero-order valence-electron chi connectivity index (χ0n) is 17.9. The Labute approximate surface area is 180 Å². The number of halogens is 3. The number of rotatable bonds is 2. The summed E-state index contributed by atoms with van der Waals surface area (Å²) < 4.78 is 45.2. The van der Waals surface area contributed by atoms with Gasteiger partial charge < -0.3 is 9.84 Å². The highest BCUT2D eigenvalue weighted by molar-refractivity contribution is 5.51. The molecule has 6 heteroatoms. The summed E-state index contributed by atoms with van der Waals surface area (Å²) in [4.78, 5) is 4.94. The van der Waals surface area contributed by atoms with Gasteiger partial charge in [-0.05, 0) is 60.3 Å². The third-order valence-corrected chi connectivity index (χ3v) is 7.15. The zero-order valence-corrected chi connectivity index (χ0v) is 17.9. The molecule has 0 amide bonds. The molecule has 1 aromatic carbocycles. The molecule has 166 valence electrons. The van der Waals surface area contributed by atoms with Crippen LogP contribution in [0.15, 0.2) is 24.3 Å². The lowest BCUT2D eigenvalue weighted by Gasteiger charge is -2.37. The van der Waals surface area contributed by atoms with Gasteiger partial charge in [0.25, 0.3) is 0 Å². The summed E-state index contributed by atoms with van der Waals surface area (Å²) in [7, 11) is 0. The fourth-order valence-electron chi connectivity index (χ4n) is 5.81. The van der Waals surface area contributed by atoms with Crippen LogP contribution < -0.4 is 0 Å². The lowest BCUT2D eigenvalue weighted by Crippen LogP contribution is -2.29. The third-order valence-electron chi connectivity index (χ3n) is 7.15. The summed E-state index contributed by atoms with van der Waals surface area (Å²) in [5.74, 6) is 0.347. The van der Waals surface area contributed by atoms with E-state index in [-0.39, 0.29) is 5.41 Å². The molecule has 0 spiro atoms. The number of hydrogen-bond acceptors (Lipinski definition) is 3. The molecule has 1 aliphatic heterocycles. The average Bonchev–Trinajstić information content (AvgIpc) is 3.35. The third kappa shape index (κ3) is 3.68. The van der Waals surface area contributed by atoms with E-state index in [1.54, 1.807) is 0 Å². The van der Waals surface area contributed by atoms with Crippen LogP contribution in [0.4, 0.5) is 13.2 Å². The molecule has 1 aromatic heterocycles. The molecule has 1 N–H and O–H groups in total. The highest BCUT2D eigenvalue weighted by Gasteiger charge is 2.41. The second-order valence-electron chi connectivity index (χ2n) is 10.1. The fraction of sp³-hybridized carbons (Fsp3) is 0.560. The van der Waals surface area contributed by atoms with Crippen LogP contribution in [0, 0.1) is 5.41 Å². The van der Waals surface area contributed by atoms with Gasteiger partial charge in [0.1, 0.15) is 6.10 Å². The Morgan fingerprint density at radius 1 is 1.00 bits per heavy atom. The molecular formula is C25H28F3NO2. The Morgan fingerprint density at radius 2 is 1.68 bits per heavy atom. The van der Waals surface area contributed by atoms with Crippen LogP contribution in [0.25, 0.3) is 0 Å². The van der Waals surface area contributed by atoms with E-state index >= 15 is 0 Å². The maximum absolute atomic E-state index is 13.0. The van der Waals surface area contributed by atoms with Crippen molar-refractivity contribution in [1.82, 2.24) is 4.98 Å². The molecule has 0 radical (unpaired) electrons.